The van der Waals surface area contributed by atoms with Crippen LogP contribution in [-0.2, 0) is 6.54 Å². The Morgan fingerprint density at radius 3 is 2.46 bits per heavy atom. The number of carbonyl (C=O) groups is 1. The van der Waals surface area contributed by atoms with E-state index >= 15 is 0 Å². The van der Waals surface area contributed by atoms with Crippen LogP contribution in [0.15, 0.2) is 52.4 Å². The zero-order valence-electron chi connectivity index (χ0n) is 15.6. The number of halogens is 2. The average Bonchev–Trinajstić information content (AvgIpc) is 2.59. The van der Waals surface area contributed by atoms with E-state index in [1.54, 1.807) is 26.8 Å². The molecule has 1 N–H and O–H groups in total. The highest BCUT2D eigenvalue weighted by Gasteiger charge is 2.27. The Labute approximate surface area is 166 Å². The number of rotatable bonds is 3. The summed E-state index contributed by atoms with van der Waals surface area (Å²) in [6, 6.07) is 5.79. The Hall–Kier alpha value is -2.93. The number of aromatic hydroxyl groups is 1. The second-order valence-corrected chi connectivity index (χ2v) is 7.42. The second-order valence-electron chi connectivity index (χ2n) is 7.42. The molecule has 2 aromatic heterocycles. The summed E-state index contributed by atoms with van der Waals surface area (Å²) < 4.78 is 15.9. The number of aromatic nitrogens is 2. The van der Waals surface area contributed by atoms with E-state index in [1.165, 1.54) is 45.8 Å². The maximum atomic E-state index is 13.4. The van der Waals surface area contributed by atoms with E-state index < -0.39 is 33.8 Å². The van der Waals surface area contributed by atoms with Crippen LogP contribution in [0, 0.1) is 11.2 Å². The van der Waals surface area contributed by atoms with E-state index in [1.807, 2.05) is 0 Å². The fourth-order valence-electron chi connectivity index (χ4n) is 2.83. The number of carbonyl (C=O) groups excluding carboxylic acids is 1. The molecule has 6 nitrogen and oxygen atoms in total. The van der Waals surface area contributed by atoms with Crippen molar-refractivity contribution in [2.24, 2.45) is 5.41 Å². The molecule has 3 aromatic rings. The van der Waals surface area contributed by atoms with Crippen molar-refractivity contribution in [1.29, 1.82) is 0 Å². The van der Waals surface area contributed by atoms with E-state index in [0.717, 1.165) is 0 Å². The molecular weight excluding hydrogens is 387 g/mol. The van der Waals surface area contributed by atoms with E-state index in [2.05, 4.69) is 0 Å². The molecule has 1 aromatic carbocycles. The number of hydrogen-bond acceptors (Lipinski definition) is 4. The van der Waals surface area contributed by atoms with Crippen molar-refractivity contribution in [3.05, 3.63) is 80.4 Å². The first-order chi connectivity index (χ1) is 12.6. The van der Waals surface area contributed by atoms with Crippen molar-refractivity contribution >= 4 is 23.7 Å². The van der Waals surface area contributed by atoms with Gasteiger partial charge in [0.05, 0.1) is 12.1 Å². The highest BCUT2D eigenvalue weighted by molar-refractivity contribution is 6.00. The Morgan fingerprint density at radius 2 is 1.86 bits per heavy atom. The van der Waals surface area contributed by atoms with Gasteiger partial charge >= 0.3 is 0 Å². The molecule has 0 aliphatic rings. The van der Waals surface area contributed by atoms with Gasteiger partial charge in [0.1, 0.15) is 5.82 Å². The van der Waals surface area contributed by atoms with Crippen LogP contribution in [0.1, 0.15) is 36.7 Å². The molecule has 148 valence electrons. The third-order valence-electron chi connectivity index (χ3n) is 4.25. The molecule has 0 spiro atoms. The van der Waals surface area contributed by atoms with Crippen molar-refractivity contribution in [2.75, 3.05) is 0 Å². The number of Topliss-reactive ketones (excluding diaryl/α,β-unsaturated/α-hetero) is 1. The molecule has 2 heterocycles. The molecule has 0 atom stereocenters. The molecule has 3 rings (SSSR count). The van der Waals surface area contributed by atoms with Crippen LogP contribution in [0.25, 0.3) is 5.52 Å². The second kappa shape index (κ2) is 7.59. The zero-order chi connectivity index (χ0) is 19.9. The van der Waals surface area contributed by atoms with Crippen LogP contribution in [0.3, 0.4) is 0 Å². The minimum absolute atomic E-state index is 0. The van der Waals surface area contributed by atoms with Crippen molar-refractivity contribution in [1.82, 2.24) is 8.97 Å². The Balaban J connectivity index is 0.00000280. The van der Waals surface area contributed by atoms with Crippen LogP contribution in [0.4, 0.5) is 4.39 Å². The largest absolute Gasteiger partial charge is 0.503 e. The average molecular weight is 407 g/mol. The predicted octanol–water partition coefficient (Wildman–Crippen LogP) is 3.00. The van der Waals surface area contributed by atoms with Crippen molar-refractivity contribution < 1.29 is 14.3 Å². The molecule has 0 saturated heterocycles. The Bertz CT molecular complexity index is 1180. The predicted molar refractivity (Wildman–Crippen MR) is 106 cm³/mol. The van der Waals surface area contributed by atoms with Gasteiger partial charge in [0.2, 0.25) is 5.43 Å². The van der Waals surface area contributed by atoms with Gasteiger partial charge in [-0.3, -0.25) is 14.4 Å². The van der Waals surface area contributed by atoms with Gasteiger partial charge < -0.3 is 14.1 Å². The molecule has 0 aliphatic heterocycles. The van der Waals surface area contributed by atoms with Gasteiger partial charge in [0.15, 0.2) is 17.0 Å². The minimum atomic E-state index is -0.879. The van der Waals surface area contributed by atoms with Crippen LogP contribution >= 0.6 is 12.4 Å². The fraction of sp³-hybridized carbons (Fsp3) is 0.250. The molecule has 0 radical (unpaired) electrons. The van der Waals surface area contributed by atoms with Gasteiger partial charge in [-0.05, 0) is 17.7 Å². The Morgan fingerprint density at radius 1 is 1.18 bits per heavy atom. The molecular formula is C20H20ClFN2O4. The van der Waals surface area contributed by atoms with Crippen molar-refractivity contribution in [3.8, 4) is 5.75 Å². The van der Waals surface area contributed by atoms with Crippen LogP contribution in [-0.4, -0.2) is 19.9 Å². The lowest BCUT2D eigenvalue weighted by Crippen LogP contribution is -2.29. The van der Waals surface area contributed by atoms with Crippen molar-refractivity contribution in [2.45, 2.75) is 27.3 Å². The molecule has 0 fully saturated rings. The first-order valence-electron chi connectivity index (χ1n) is 8.36. The van der Waals surface area contributed by atoms with Gasteiger partial charge in [-0.1, -0.05) is 32.9 Å². The van der Waals surface area contributed by atoms with Crippen LogP contribution in [0.2, 0.25) is 0 Å². The molecule has 0 amide bonds. The number of hydrogen-bond donors (Lipinski definition) is 1. The SMILES string of the molecule is CC(C)(C)C(=O)c1cn2ccn(Cc3cccc(F)c3)c(=O)c2c(O)c1=O.Cl. The number of fused-ring (bicyclic) bond motifs is 1. The molecule has 0 saturated carbocycles. The molecule has 28 heavy (non-hydrogen) atoms. The summed E-state index contributed by atoms with van der Waals surface area (Å²) in [6.45, 7) is 5.07. The topological polar surface area (TPSA) is 80.8 Å². The van der Waals surface area contributed by atoms with Gasteiger partial charge in [0.25, 0.3) is 5.56 Å². The Kier molecular flexibility index (Phi) is 5.80. The summed E-state index contributed by atoms with van der Waals surface area (Å²) in [5.74, 6) is -1.63. The minimum Gasteiger partial charge on any atom is -0.503 e. The van der Waals surface area contributed by atoms with Crippen LogP contribution < -0.4 is 11.0 Å². The van der Waals surface area contributed by atoms with Gasteiger partial charge in [0, 0.05) is 24.0 Å². The fourth-order valence-corrected chi connectivity index (χ4v) is 2.83. The summed E-state index contributed by atoms with van der Waals surface area (Å²) in [4.78, 5) is 37.7. The van der Waals surface area contributed by atoms with Crippen molar-refractivity contribution in [3.63, 3.8) is 0 Å². The highest BCUT2D eigenvalue weighted by Crippen LogP contribution is 2.21. The maximum Gasteiger partial charge on any atom is 0.279 e. The lowest BCUT2D eigenvalue weighted by Gasteiger charge is -2.17. The first-order valence-corrected chi connectivity index (χ1v) is 8.36. The normalized spacial score (nSPS) is 11.3. The first kappa shape index (κ1) is 21.4. The molecule has 8 heteroatoms. The van der Waals surface area contributed by atoms with Gasteiger partial charge in [-0.2, -0.15) is 0 Å². The number of ketones is 1. The van der Waals surface area contributed by atoms with E-state index in [9.17, 15) is 23.9 Å². The summed E-state index contributed by atoms with van der Waals surface area (Å²) in [5, 5.41) is 10.3. The number of pyridine rings is 1. The number of benzene rings is 1. The standard InChI is InChI=1S/C20H19FN2O4.ClH/c1-20(2,3)18(26)14-11-22-7-8-23(10-12-5-4-6-13(21)9-12)19(27)15(22)17(25)16(14)24;/h4-9,11,25H,10H2,1-3H3;1H. The quantitative estimate of drug-likeness (QED) is 0.678. The summed E-state index contributed by atoms with van der Waals surface area (Å²) >= 11 is 0. The monoisotopic (exact) mass is 406 g/mol. The highest BCUT2D eigenvalue weighted by atomic mass is 35.5. The third-order valence-corrected chi connectivity index (χ3v) is 4.25. The lowest BCUT2D eigenvalue weighted by atomic mass is 9.87. The van der Waals surface area contributed by atoms with E-state index in [4.69, 9.17) is 0 Å². The molecule has 0 bridgehead atoms. The summed E-state index contributed by atoms with van der Waals surface area (Å²) in [5.41, 5.74) is -2.17. The van der Waals surface area contributed by atoms with E-state index in [-0.39, 0.29) is 30.0 Å². The third kappa shape index (κ3) is 3.84. The van der Waals surface area contributed by atoms with E-state index in [0.29, 0.717) is 5.56 Å². The molecule has 0 aliphatic carbocycles. The lowest BCUT2D eigenvalue weighted by molar-refractivity contribution is 0.0856. The zero-order valence-corrected chi connectivity index (χ0v) is 16.4. The summed E-state index contributed by atoms with van der Waals surface area (Å²) in [6.07, 6.45) is 4.18. The van der Waals surface area contributed by atoms with Gasteiger partial charge in [-0.25, -0.2) is 4.39 Å². The van der Waals surface area contributed by atoms with Gasteiger partial charge in [-0.15, -0.1) is 12.4 Å². The number of nitrogens with zero attached hydrogens (tertiary/aromatic N) is 2. The maximum absolute atomic E-state index is 13.4. The van der Waals surface area contributed by atoms with Crippen LogP contribution in [0.5, 0.6) is 5.75 Å². The molecule has 0 unspecified atom stereocenters. The summed E-state index contributed by atoms with van der Waals surface area (Å²) in [7, 11) is 0. The smallest absolute Gasteiger partial charge is 0.279 e.